The minimum absolute atomic E-state index is 0.101. The molecule has 0 radical (unpaired) electrons. The van der Waals surface area contributed by atoms with Crippen molar-refractivity contribution in [3.8, 4) is 5.69 Å². The Kier molecular flexibility index (Phi) is 9.52. The zero-order valence-electron chi connectivity index (χ0n) is 27.4. The number of nitrogens with zero attached hydrogens (tertiary/aromatic N) is 3. The van der Waals surface area contributed by atoms with Gasteiger partial charge >= 0.3 is 0 Å². The van der Waals surface area contributed by atoms with E-state index in [9.17, 15) is 22.4 Å². The van der Waals surface area contributed by atoms with Crippen LogP contribution in [0.25, 0.3) is 16.7 Å². The summed E-state index contributed by atoms with van der Waals surface area (Å²) in [5.74, 6) is -4.37. The number of nitrogens with one attached hydrogen (secondary N) is 1. The Morgan fingerprint density at radius 3 is 2.26 bits per heavy atom. The van der Waals surface area contributed by atoms with Gasteiger partial charge < -0.3 is 5.41 Å². The van der Waals surface area contributed by atoms with Gasteiger partial charge in [0.2, 0.25) is 5.92 Å². The molecule has 0 spiro atoms. The van der Waals surface area contributed by atoms with Crippen molar-refractivity contribution in [2.45, 2.75) is 104 Å². The quantitative estimate of drug-likeness (QED) is 0.147. The molecule has 2 aromatic heterocycles. The third-order valence-electron chi connectivity index (χ3n) is 9.42. The van der Waals surface area contributed by atoms with Gasteiger partial charge in [-0.25, -0.2) is 27.5 Å². The number of aromatic nitrogens is 3. The first-order valence-electron chi connectivity index (χ1n) is 16.2. The highest BCUT2D eigenvalue weighted by molar-refractivity contribution is 6.01. The van der Waals surface area contributed by atoms with Crippen molar-refractivity contribution >= 4 is 16.7 Å². The van der Waals surface area contributed by atoms with Gasteiger partial charge in [0.1, 0.15) is 17.5 Å². The van der Waals surface area contributed by atoms with Crippen LogP contribution in [0.2, 0.25) is 0 Å². The van der Waals surface area contributed by atoms with Gasteiger partial charge in [0.05, 0.1) is 11.1 Å². The summed E-state index contributed by atoms with van der Waals surface area (Å²) >= 11 is 0. The SMILES string of the molecule is CCCC(=N)c1c(C)ccc(-n2c(C(Cc3cc(F)cc(F)c3)C(C)C)nc3nc(C4CCC(F)(F)CC4)cc(C)c3c2=O)c1C. The van der Waals surface area contributed by atoms with Gasteiger partial charge in [-0.1, -0.05) is 33.3 Å². The highest BCUT2D eigenvalue weighted by Gasteiger charge is 2.36. The maximum absolute atomic E-state index is 14.7. The second kappa shape index (κ2) is 13.1. The molecule has 1 unspecified atom stereocenters. The number of hydrogen-bond donors (Lipinski definition) is 1. The maximum Gasteiger partial charge on any atom is 0.267 e. The van der Waals surface area contributed by atoms with Crippen LogP contribution in [0.15, 0.2) is 41.2 Å². The molecule has 1 N–H and O–H groups in total. The Bertz CT molecular complexity index is 1830. The fraction of sp³-hybridized carbons (Fsp3) is 0.459. The number of pyridine rings is 1. The minimum Gasteiger partial charge on any atom is -0.305 e. The summed E-state index contributed by atoms with van der Waals surface area (Å²) in [7, 11) is 0. The molecule has 5 rings (SSSR count). The van der Waals surface area contributed by atoms with Gasteiger partial charge in [-0.2, -0.15) is 0 Å². The molecule has 2 aromatic carbocycles. The first-order chi connectivity index (χ1) is 21.7. The van der Waals surface area contributed by atoms with Crippen LogP contribution in [0.3, 0.4) is 0 Å². The van der Waals surface area contributed by atoms with Crippen molar-refractivity contribution in [2.75, 3.05) is 0 Å². The van der Waals surface area contributed by atoms with E-state index >= 15 is 0 Å². The van der Waals surface area contributed by atoms with E-state index in [-0.39, 0.29) is 42.3 Å². The normalized spacial score (nSPS) is 15.9. The van der Waals surface area contributed by atoms with Crippen LogP contribution in [0.5, 0.6) is 0 Å². The van der Waals surface area contributed by atoms with Crippen LogP contribution in [-0.2, 0) is 6.42 Å². The summed E-state index contributed by atoms with van der Waals surface area (Å²) < 4.78 is 58.1. The van der Waals surface area contributed by atoms with Crippen molar-refractivity contribution in [1.82, 2.24) is 14.5 Å². The van der Waals surface area contributed by atoms with Crippen LogP contribution in [0.1, 0.15) is 110 Å². The predicted molar refractivity (Wildman–Crippen MR) is 175 cm³/mol. The molecule has 1 saturated carbocycles. The summed E-state index contributed by atoms with van der Waals surface area (Å²) in [5.41, 5.74) is 5.20. The largest absolute Gasteiger partial charge is 0.305 e. The first kappa shape index (κ1) is 33.5. The molecule has 2 heterocycles. The molecule has 5 nitrogen and oxygen atoms in total. The number of halogens is 4. The summed E-state index contributed by atoms with van der Waals surface area (Å²) in [6.07, 6.45) is 1.77. The topological polar surface area (TPSA) is 71.6 Å². The molecule has 0 bridgehead atoms. The lowest BCUT2D eigenvalue weighted by atomic mass is 9.84. The predicted octanol–water partition coefficient (Wildman–Crippen LogP) is 9.43. The third kappa shape index (κ3) is 6.65. The van der Waals surface area contributed by atoms with Gasteiger partial charge in [-0.15, -0.1) is 0 Å². The molecular weight excluding hydrogens is 592 g/mol. The molecule has 0 saturated heterocycles. The van der Waals surface area contributed by atoms with Gasteiger partial charge in [0, 0.05) is 47.7 Å². The molecule has 0 aliphatic heterocycles. The van der Waals surface area contributed by atoms with Crippen LogP contribution >= 0.6 is 0 Å². The fourth-order valence-corrected chi connectivity index (χ4v) is 6.95. The van der Waals surface area contributed by atoms with E-state index in [4.69, 9.17) is 15.4 Å². The second-order valence-electron chi connectivity index (χ2n) is 13.3. The lowest BCUT2D eigenvalue weighted by molar-refractivity contribution is -0.0384. The summed E-state index contributed by atoms with van der Waals surface area (Å²) in [4.78, 5) is 24.6. The molecule has 244 valence electrons. The van der Waals surface area contributed by atoms with Gasteiger partial charge in [-0.3, -0.25) is 9.36 Å². The third-order valence-corrected chi connectivity index (χ3v) is 9.42. The molecule has 9 heteroatoms. The fourth-order valence-electron chi connectivity index (χ4n) is 6.95. The Hall–Kier alpha value is -3.88. The van der Waals surface area contributed by atoms with Crippen molar-refractivity contribution < 1.29 is 17.6 Å². The molecular formula is C37H42F4N4O. The van der Waals surface area contributed by atoms with E-state index in [0.717, 1.165) is 29.2 Å². The lowest BCUT2D eigenvalue weighted by Crippen LogP contribution is -2.30. The van der Waals surface area contributed by atoms with E-state index in [1.807, 2.05) is 59.7 Å². The Labute approximate surface area is 267 Å². The molecule has 46 heavy (non-hydrogen) atoms. The molecule has 1 atom stereocenters. The lowest BCUT2D eigenvalue weighted by Gasteiger charge is -2.29. The van der Waals surface area contributed by atoms with Crippen LogP contribution in [0, 0.1) is 43.7 Å². The number of hydrogen-bond acceptors (Lipinski definition) is 4. The van der Waals surface area contributed by atoms with Gasteiger partial charge in [-0.05, 0) is 98.9 Å². The van der Waals surface area contributed by atoms with E-state index in [0.29, 0.717) is 58.7 Å². The molecule has 1 aliphatic rings. The van der Waals surface area contributed by atoms with Gasteiger partial charge in [0.25, 0.3) is 5.56 Å². The Morgan fingerprint density at radius 1 is 1.00 bits per heavy atom. The summed E-state index contributed by atoms with van der Waals surface area (Å²) in [6.45, 7) is 11.6. The maximum atomic E-state index is 14.7. The second-order valence-corrected chi connectivity index (χ2v) is 13.3. The van der Waals surface area contributed by atoms with E-state index in [1.54, 1.807) is 4.57 Å². The van der Waals surface area contributed by atoms with E-state index < -0.39 is 23.5 Å². The summed E-state index contributed by atoms with van der Waals surface area (Å²) in [5, 5.41) is 9.13. The van der Waals surface area contributed by atoms with Crippen molar-refractivity contribution in [3.63, 3.8) is 0 Å². The minimum atomic E-state index is -2.68. The zero-order chi connectivity index (χ0) is 33.5. The highest BCUT2D eigenvalue weighted by atomic mass is 19.3. The number of benzene rings is 2. The molecule has 4 aromatic rings. The van der Waals surface area contributed by atoms with Crippen molar-refractivity contribution in [2.24, 2.45) is 5.92 Å². The Morgan fingerprint density at radius 2 is 1.65 bits per heavy atom. The smallest absolute Gasteiger partial charge is 0.267 e. The average Bonchev–Trinajstić information content (AvgIpc) is 2.95. The number of aryl methyl sites for hydroxylation is 2. The number of rotatable bonds is 9. The monoisotopic (exact) mass is 634 g/mol. The zero-order valence-corrected chi connectivity index (χ0v) is 27.4. The van der Waals surface area contributed by atoms with Gasteiger partial charge in [0.15, 0.2) is 5.65 Å². The van der Waals surface area contributed by atoms with Crippen LogP contribution < -0.4 is 5.56 Å². The van der Waals surface area contributed by atoms with E-state index in [1.165, 1.54) is 12.1 Å². The standard InChI is InChI=1S/C37H42F4N4O/c1-7-8-29(42)32-21(4)9-10-31(23(32)6)45-35(28(20(2)3)18-24-16-26(38)19-27(39)17-24)44-34-33(36(45)46)22(5)15-30(43-34)25-11-13-37(40,41)14-12-25/h9-10,15-17,19-20,25,28,42H,7-8,11-14,18H2,1-6H3. The first-order valence-corrected chi connectivity index (χ1v) is 16.2. The number of fused-ring (bicyclic) bond motifs is 1. The Balaban J connectivity index is 1.78. The van der Waals surface area contributed by atoms with Crippen LogP contribution in [0.4, 0.5) is 17.6 Å². The summed E-state index contributed by atoms with van der Waals surface area (Å²) in [6, 6.07) is 9.01. The molecule has 1 aliphatic carbocycles. The van der Waals surface area contributed by atoms with Crippen molar-refractivity contribution in [1.29, 1.82) is 5.41 Å². The molecule has 0 amide bonds. The van der Waals surface area contributed by atoms with Crippen LogP contribution in [-0.4, -0.2) is 26.2 Å². The highest BCUT2D eigenvalue weighted by Crippen LogP contribution is 2.41. The molecule has 1 fully saturated rings. The van der Waals surface area contributed by atoms with E-state index in [2.05, 4.69) is 0 Å². The van der Waals surface area contributed by atoms with Crippen molar-refractivity contribution in [3.05, 3.63) is 97.7 Å². The number of alkyl halides is 2. The average molecular weight is 635 g/mol.